The lowest BCUT2D eigenvalue weighted by Gasteiger charge is -2.06. The number of hydrogen-bond donors (Lipinski definition) is 0. The summed E-state index contributed by atoms with van der Waals surface area (Å²) in [6.07, 6.45) is 2.59. The van der Waals surface area contributed by atoms with Crippen molar-refractivity contribution in [3.63, 3.8) is 0 Å². The average Bonchev–Trinajstić information content (AvgIpc) is 2.82. The van der Waals surface area contributed by atoms with E-state index in [1.807, 2.05) is 0 Å². The molecule has 3 rings (SSSR count). The van der Waals surface area contributed by atoms with Gasteiger partial charge in [0.05, 0.1) is 0 Å². The Morgan fingerprint density at radius 1 is 0.905 bits per heavy atom. The molecule has 0 bridgehead atoms. The second kappa shape index (κ2) is 5.32. The van der Waals surface area contributed by atoms with Crippen molar-refractivity contribution < 1.29 is 18.3 Å². The predicted molar refractivity (Wildman–Crippen MR) is 74.8 cm³/mol. The van der Waals surface area contributed by atoms with Gasteiger partial charge in [-0.2, -0.15) is 0 Å². The molecule has 0 aliphatic carbocycles. The molecular weight excluding hydrogens is 274 g/mol. The van der Waals surface area contributed by atoms with E-state index in [2.05, 4.69) is 0 Å². The lowest BCUT2D eigenvalue weighted by Crippen LogP contribution is -1.94. The van der Waals surface area contributed by atoms with E-state index >= 15 is 0 Å². The molecule has 0 unspecified atom stereocenters. The maximum atomic E-state index is 13.9. The number of halogens is 2. The normalized spacial score (nSPS) is 16.0. The topological polar surface area (TPSA) is 26.3 Å². The molecule has 0 radical (unpaired) electrons. The fraction of sp³-hybridized carbons (Fsp3) is 0. The summed E-state index contributed by atoms with van der Waals surface area (Å²) in [6.45, 7) is 0. The summed E-state index contributed by atoms with van der Waals surface area (Å²) < 4.78 is 32.6. The number of allylic oxidation sites excluding steroid dienone is 1. The van der Waals surface area contributed by atoms with Crippen LogP contribution >= 0.6 is 0 Å². The summed E-state index contributed by atoms with van der Waals surface area (Å²) in [5.74, 6) is -1.38. The zero-order valence-electron chi connectivity index (χ0n) is 10.8. The minimum Gasteiger partial charge on any atom is -0.423 e. The molecule has 0 fully saturated rings. The van der Waals surface area contributed by atoms with E-state index in [9.17, 15) is 13.6 Å². The van der Waals surface area contributed by atoms with Gasteiger partial charge in [0.25, 0.3) is 0 Å². The first-order chi connectivity index (χ1) is 10.1. The number of hydrogen-bond acceptors (Lipinski definition) is 2. The summed E-state index contributed by atoms with van der Waals surface area (Å²) in [5.41, 5.74) is 0.816. The highest BCUT2D eigenvalue weighted by Crippen LogP contribution is 2.32. The molecule has 0 saturated carbocycles. The van der Waals surface area contributed by atoms with Crippen LogP contribution in [-0.2, 0) is 9.53 Å². The van der Waals surface area contributed by atoms with Crippen molar-refractivity contribution in [1.82, 2.24) is 0 Å². The molecule has 0 spiro atoms. The first-order valence-electron chi connectivity index (χ1n) is 6.30. The molecule has 2 nitrogen and oxygen atoms in total. The Hall–Kier alpha value is -2.75. The molecule has 2 aromatic carbocycles. The summed E-state index contributed by atoms with van der Waals surface area (Å²) in [6, 6.07) is 12.1. The Morgan fingerprint density at radius 3 is 2.29 bits per heavy atom. The van der Waals surface area contributed by atoms with E-state index in [4.69, 9.17) is 4.74 Å². The number of cyclic esters (lactones) is 1. The maximum Gasteiger partial charge on any atom is 0.336 e. The van der Waals surface area contributed by atoms with Crippen LogP contribution in [0.4, 0.5) is 8.78 Å². The van der Waals surface area contributed by atoms with Gasteiger partial charge >= 0.3 is 5.97 Å². The van der Waals surface area contributed by atoms with Crippen LogP contribution in [0.1, 0.15) is 11.1 Å². The summed E-state index contributed by atoms with van der Waals surface area (Å²) in [5, 5.41) is 0. The van der Waals surface area contributed by atoms with E-state index in [1.54, 1.807) is 30.3 Å². The van der Waals surface area contributed by atoms with Crippen molar-refractivity contribution >= 4 is 17.6 Å². The third kappa shape index (κ3) is 2.60. The highest BCUT2D eigenvalue weighted by atomic mass is 19.1. The number of rotatable bonds is 2. The van der Waals surface area contributed by atoms with Crippen molar-refractivity contribution in [3.8, 4) is 0 Å². The van der Waals surface area contributed by atoms with Crippen LogP contribution in [0.2, 0.25) is 0 Å². The molecule has 0 atom stereocenters. The second-order valence-electron chi connectivity index (χ2n) is 4.49. The van der Waals surface area contributed by atoms with Gasteiger partial charge in [0.2, 0.25) is 0 Å². The standard InChI is InChI=1S/C17H10F2O2/c18-14-7-3-1-5-11(14)9-16-13(10-17(20)21-16)12-6-2-4-8-15(12)19/h1-10H/b16-9+. The molecule has 1 aliphatic heterocycles. The smallest absolute Gasteiger partial charge is 0.336 e. The quantitative estimate of drug-likeness (QED) is 0.781. The molecular formula is C17H10F2O2. The lowest BCUT2D eigenvalue weighted by atomic mass is 10.0. The largest absolute Gasteiger partial charge is 0.423 e. The van der Waals surface area contributed by atoms with Crippen molar-refractivity contribution in [1.29, 1.82) is 0 Å². The Bertz CT molecular complexity index is 776. The molecule has 0 amide bonds. The SMILES string of the molecule is O=C1C=C(c2ccccc2F)/C(=C\c2ccccc2F)O1. The molecule has 21 heavy (non-hydrogen) atoms. The molecule has 0 N–H and O–H groups in total. The first kappa shape index (κ1) is 13.2. The summed E-state index contributed by atoms with van der Waals surface area (Å²) >= 11 is 0. The van der Waals surface area contributed by atoms with Crippen LogP contribution < -0.4 is 0 Å². The van der Waals surface area contributed by atoms with Crippen molar-refractivity contribution in [2.24, 2.45) is 0 Å². The van der Waals surface area contributed by atoms with E-state index in [0.29, 0.717) is 5.57 Å². The number of carbonyl (C=O) groups is 1. The summed E-state index contributed by atoms with van der Waals surface area (Å²) in [7, 11) is 0. The van der Waals surface area contributed by atoms with Crippen LogP contribution in [0.15, 0.2) is 60.4 Å². The van der Waals surface area contributed by atoms with Crippen LogP contribution in [0.25, 0.3) is 11.6 Å². The Kier molecular flexibility index (Phi) is 3.36. The van der Waals surface area contributed by atoms with Crippen molar-refractivity contribution in [2.75, 3.05) is 0 Å². The zero-order chi connectivity index (χ0) is 14.8. The molecule has 104 valence electrons. The Balaban J connectivity index is 2.08. The monoisotopic (exact) mass is 284 g/mol. The molecule has 1 aliphatic rings. The number of esters is 1. The Labute approximate surface area is 120 Å². The molecule has 1 heterocycles. The Morgan fingerprint density at radius 2 is 1.57 bits per heavy atom. The van der Waals surface area contributed by atoms with Crippen molar-refractivity contribution in [3.05, 3.63) is 83.1 Å². The fourth-order valence-corrected chi connectivity index (χ4v) is 2.11. The van der Waals surface area contributed by atoms with E-state index < -0.39 is 17.6 Å². The highest BCUT2D eigenvalue weighted by Gasteiger charge is 2.23. The average molecular weight is 284 g/mol. The number of benzene rings is 2. The second-order valence-corrected chi connectivity index (χ2v) is 4.49. The van der Waals surface area contributed by atoms with Crippen molar-refractivity contribution in [2.45, 2.75) is 0 Å². The van der Waals surface area contributed by atoms with Gasteiger partial charge in [0.15, 0.2) is 0 Å². The van der Waals surface area contributed by atoms with Gasteiger partial charge < -0.3 is 4.74 Å². The molecule has 0 saturated heterocycles. The fourth-order valence-electron chi connectivity index (χ4n) is 2.11. The van der Waals surface area contributed by atoms with Crippen LogP contribution in [0, 0.1) is 11.6 Å². The van der Waals surface area contributed by atoms with Gasteiger partial charge in [-0.25, -0.2) is 13.6 Å². The number of carbonyl (C=O) groups excluding carboxylic acids is 1. The first-order valence-corrected chi connectivity index (χ1v) is 6.30. The van der Waals surface area contributed by atoms with E-state index in [1.165, 1.54) is 30.4 Å². The third-order valence-corrected chi connectivity index (χ3v) is 3.09. The van der Waals surface area contributed by atoms with Crippen LogP contribution in [0.5, 0.6) is 0 Å². The predicted octanol–water partition coefficient (Wildman–Crippen LogP) is 3.95. The minimum atomic E-state index is -0.601. The van der Waals surface area contributed by atoms with Gasteiger partial charge in [0, 0.05) is 22.8 Å². The van der Waals surface area contributed by atoms with Crippen LogP contribution in [-0.4, -0.2) is 5.97 Å². The van der Waals surface area contributed by atoms with E-state index in [-0.39, 0.29) is 16.9 Å². The maximum absolute atomic E-state index is 13.9. The minimum absolute atomic E-state index is 0.134. The van der Waals surface area contributed by atoms with Gasteiger partial charge in [-0.05, 0) is 18.2 Å². The number of ether oxygens (including phenoxy) is 1. The molecule has 4 heteroatoms. The summed E-state index contributed by atoms with van der Waals surface area (Å²) in [4.78, 5) is 11.5. The molecule has 2 aromatic rings. The van der Waals surface area contributed by atoms with Gasteiger partial charge in [-0.15, -0.1) is 0 Å². The van der Waals surface area contributed by atoms with Gasteiger partial charge in [0.1, 0.15) is 17.4 Å². The third-order valence-electron chi connectivity index (χ3n) is 3.09. The van der Waals surface area contributed by atoms with Gasteiger partial charge in [-0.1, -0.05) is 36.4 Å². The zero-order valence-corrected chi connectivity index (χ0v) is 10.8. The molecule has 0 aromatic heterocycles. The van der Waals surface area contributed by atoms with E-state index in [0.717, 1.165) is 0 Å². The lowest BCUT2D eigenvalue weighted by molar-refractivity contribution is -0.132. The highest BCUT2D eigenvalue weighted by molar-refractivity contribution is 6.03. The van der Waals surface area contributed by atoms with Crippen LogP contribution in [0.3, 0.4) is 0 Å². The van der Waals surface area contributed by atoms with Gasteiger partial charge in [-0.3, -0.25) is 0 Å².